The number of rotatable bonds is 1. The van der Waals surface area contributed by atoms with E-state index in [0.29, 0.717) is 0 Å². The molecule has 1 aromatic rings. The van der Waals surface area contributed by atoms with Crippen LogP contribution in [0.1, 0.15) is 0 Å². The van der Waals surface area contributed by atoms with Gasteiger partial charge in [0.25, 0.3) is 0 Å². The number of benzene rings is 1. The van der Waals surface area contributed by atoms with Gasteiger partial charge in [0.1, 0.15) is 0 Å². The van der Waals surface area contributed by atoms with Crippen LogP contribution in [-0.4, -0.2) is 10.5 Å². The molecule has 2 nitrogen and oxygen atoms in total. The van der Waals surface area contributed by atoms with Gasteiger partial charge in [0, 0.05) is 6.26 Å². The molecule has 0 saturated carbocycles. The summed E-state index contributed by atoms with van der Waals surface area (Å²) in [5.41, 5.74) is 0. The Morgan fingerprint density at radius 1 is 1.33 bits per heavy atom. The molecule has 1 atom stereocenters. The van der Waals surface area contributed by atoms with Gasteiger partial charge >= 0.3 is 0 Å². The standard InChI is InChI=1S/C7H7Cl2NOS/c1-12(10,11)7-5(8)3-2-4-6(7)9/h2-4,10H,1H3/t12-/m0/s1. The molecule has 1 N–H and O–H groups in total. The van der Waals surface area contributed by atoms with Crippen LogP contribution in [0, 0.1) is 4.78 Å². The molecule has 66 valence electrons. The van der Waals surface area contributed by atoms with Gasteiger partial charge in [0.05, 0.1) is 24.7 Å². The van der Waals surface area contributed by atoms with Crippen molar-refractivity contribution in [2.75, 3.05) is 6.26 Å². The third-order valence-corrected chi connectivity index (χ3v) is 3.38. The Hall–Kier alpha value is -0.250. The molecule has 0 aliphatic heterocycles. The van der Waals surface area contributed by atoms with Gasteiger partial charge in [0.15, 0.2) is 0 Å². The van der Waals surface area contributed by atoms with Crippen LogP contribution in [-0.2, 0) is 9.73 Å². The molecule has 1 aromatic carbocycles. The fraction of sp³-hybridized carbons (Fsp3) is 0.143. The van der Waals surface area contributed by atoms with Crippen molar-refractivity contribution < 1.29 is 4.21 Å². The normalized spacial score (nSPS) is 15.6. The summed E-state index contributed by atoms with van der Waals surface area (Å²) < 4.78 is 18.6. The van der Waals surface area contributed by atoms with Gasteiger partial charge in [-0.05, 0) is 12.1 Å². The second kappa shape index (κ2) is 3.24. The van der Waals surface area contributed by atoms with Crippen molar-refractivity contribution in [1.82, 2.24) is 0 Å². The molecule has 0 aliphatic carbocycles. The number of hydrogen-bond donors (Lipinski definition) is 1. The molecule has 0 unspecified atom stereocenters. The first-order chi connectivity index (χ1) is 5.43. The summed E-state index contributed by atoms with van der Waals surface area (Å²) in [6, 6.07) is 4.79. The largest absolute Gasteiger partial charge is 0.249 e. The molecule has 5 heteroatoms. The number of hydrogen-bond acceptors (Lipinski definition) is 2. The molecule has 0 spiro atoms. The SMILES string of the molecule is C[S@](=N)(=O)c1c(Cl)cccc1Cl. The van der Waals surface area contributed by atoms with E-state index in [-0.39, 0.29) is 14.9 Å². The van der Waals surface area contributed by atoms with Gasteiger partial charge in [-0.1, -0.05) is 29.3 Å². The van der Waals surface area contributed by atoms with Crippen LogP contribution < -0.4 is 0 Å². The van der Waals surface area contributed by atoms with E-state index in [0.717, 1.165) is 0 Å². The highest BCUT2D eigenvalue weighted by atomic mass is 35.5. The van der Waals surface area contributed by atoms with E-state index < -0.39 is 9.73 Å². The lowest BCUT2D eigenvalue weighted by molar-refractivity contribution is 0.679. The summed E-state index contributed by atoms with van der Waals surface area (Å²) in [6.45, 7) is 0. The molecule has 0 saturated heterocycles. The maximum absolute atomic E-state index is 11.3. The van der Waals surface area contributed by atoms with Crippen molar-refractivity contribution in [2.24, 2.45) is 0 Å². The molecular weight excluding hydrogens is 217 g/mol. The third kappa shape index (κ3) is 1.91. The van der Waals surface area contributed by atoms with Gasteiger partial charge in [0.2, 0.25) is 0 Å². The third-order valence-electron chi connectivity index (χ3n) is 1.31. The maximum Gasteiger partial charge on any atom is 0.0841 e. The molecule has 0 radical (unpaired) electrons. The summed E-state index contributed by atoms with van der Waals surface area (Å²) in [5.74, 6) is 0. The maximum atomic E-state index is 11.3. The molecule has 0 heterocycles. The Kier molecular flexibility index (Phi) is 2.66. The second-order valence-electron chi connectivity index (χ2n) is 2.39. The van der Waals surface area contributed by atoms with E-state index in [1.807, 2.05) is 0 Å². The van der Waals surface area contributed by atoms with Crippen LogP contribution >= 0.6 is 23.2 Å². The van der Waals surface area contributed by atoms with Crippen molar-refractivity contribution >= 4 is 32.9 Å². The number of nitrogens with one attached hydrogen (secondary N) is 1. The molecule has 0 bridgehead atoms. The van der Waals surface area contributed by atoms with E-state index in [1.165, 1.54) is 6.26 Å². The number of halogens is 2. The summed E-state index contributed by atoms with van der Waals surface area (Å²) in [4.78, 5) is 0.216. The fourth-order valence-corrected chi connectivity index (χ4v) is 3.02. The molecule has 12 heavy (non-hydrogen) atoms. The smallest absolute Gasteiger partial charge is 0.0841 e. The highest BCUT2D eigenvalue weighted by Gasteiger charge is 2.12. The Bertz CT molecular complexity index is 380. The van der Waals surface area contributed by atoms with Crippen LogP contribution in [0.3, 0.4) is 0 Å². The van der Waals surface area contributed by atoms with E-state index in [9.17, 15) is 4.21 Å². The molecule has 0 aliphatic rings. The average molecular weight is 224 g/mol. The Morgan fingerprint density at radius 3 is 2.00 bits per heavy atom. The zero-order chi connectivity index (χ0) is 9.35. The average Bonchev–Trinajstić information content (AvgIpc) is 1.82. The van der Waals surface area contributed by atoms with Crippen molar-refractivity contribution in [2.45, 2.75) is 4.90 Å². The lowest BCUT2D eigenvalue weighted by atomic mass is 10.4. The van der Waals surface area contributed by atoms with Gasteiger partial charge in [-0.2, -0.15) is 0 Å². The quantitative estimate of drug-likeness (QED) is 0.782. The summed E-state index contributed by atoms with van der Waals surface area (Å²) in [6.07, 6.45) is 1.29. The van der Waals surface area contributed by atoms with Gasteiger partial charge in [-0.3, -0.25) is 0 Å². The first-order valence-corrected chi connectivity index (χ1v) is 5.83. The van der Waals surface area contributed by atoms with Crippen LogP contribution in [0.15, 0.2) is 23.1 Å². The molecule has 1 rings (SSSR count). The Labute approximate surface area is 81.5 Å². The topological polar surface area (TPSA) is 40.9 Å². The zero-order valence-corrected chi connectivity index (χ0v) is 8.63. The predicted octanol–water partition coefficient (Wildman–Crippen LogP) is 3.03. The monoisotopic (exact) mass is 223 g/mol. The highest BCUT2D eigenvalue weighted by molar-refractivity contribution is 7.92. The minimum Gasteiger partial charge on any atom is -0.249 e. The van der Waals surface area contributed by atoms with Crippen molar-refractivity contribution in [3.8, 4) is 0 Å². The van der Waals surface area contributed by atoms with Crippen LogP contribution in [0.5, 0.6) is 0 Å². The van der Waals surface area contributed by atoms with E-state index >= 15 is 0 Å². The van der Waals surface area contributed by atoms with Crippen LogP contribution in [0.4, 0.5) is 0 Å². The minimum atomic E-state index is -2.83. The van der Waals surface area contributed by atoms with Gasteiger partial charge < -0.3 is 0 Å². The highest BCUT2D eigenvalue weighted by Crippen LogP contribution is 2.28. The molecular formula is C7H7Cl2NOS. The van der Waals surface area contributed by atoms with E-state index in [1.54, 1.807) is 18.2 Å². The first kappa shape index (κ1) is 9.84. The predicted molar refractivity (Wildman–Crippen MR) is 51.5 cm³/mol. The van der Waals surface area contributed by atoms with Crippen LogP contribution in [0.25, 0.3) is 0 Å². The van der Waals surface area contributed by atoms with Crippen molar-refractivity contribution in [3.05, 3.63) is 28.2 Å². The molecule has 0 aromatic heterocycles. The van der Waals surface area contributed by atoms with Gasteiger partial charge in [-0.25, -0.2) is 8.99 Å². The fourth-order valence-electron chi connectivity index (χ4n) is 0.855. The van der Waals surface area contributed by atoms with Crippen molar-refractivity contribution in [1.29, 1.82) is 4.78 Å². The minimum absolute atomic E-state index is 0.216. The molecule has 0 amide bonds. The zero-order valence-electron chi connectivity index (χ0n) is 6.30. The first-order valence-electron chi connectivity index (χ1n) is 3.11. The van der Waals surface area contributed by atoms with E-state index in [4.69, 9.17) is 28.0 Å². The Balaban J connectivity index is 3.53. The summed E-state index contributed by atoms with van der Waals surface area (Å²) in [7, 11) is -2.83. The summed E-state index contributed by atoms with van der Waals surface area (Å²) in [5, 5.41) is 0.565. The van der Waals surface area contributed by atoms with E-state index in [2.05, 4.69) is 0 Å². The lowest BCUT2D eigenvalue weighted by Gasteiger charge is -2.05. The lowest BCUT2D eigenvalue weighted by Crippen LogP contribution is -1.96. The molecule has 0 fully saturated rings. The van der Waals surface area contributed by atoms with Gasteiger partial charge in [-0.15, -0.1) is 0 Å². The van der Waals surface area contributed by atoms with Crippen LogP contribution in [0.2, 0.25) is 10.0 Å². The Morgan fingerprint density at radius 2 is 1.75 bits per heavy atom. The second-order valence-corrected chi connectivity index (χ2v) is 5.30. The summed E-state index contributed by atoms with van der Waals surface area (Å²) >= 11 is 11.5. The van der Waals surface area contributed by atoms with Crippen molar-refractivity contribution in [3.63, 3.8) is 0 Å².